The highest BCUT2D eigenvalue weighted by molar-refractivity contribution is 5.75. The van der Waals surface area contributed by atoms with E-state index in [0.29, 0.717) is 11.8 Å². The fourth-order valence-electron chi connectivity index (χ4n) is 10.6. The highest BCUT2D eigenvalue weighted by Gasteiger charge is 2.69. The van der Waals surface area contributed by atoms with Crippen LogP contribution >= 0.6 is 0 Å². The minimum Gasteiger partial charge on any atom is -0.481 e. The van der Waals surface area contributed by atoms with Crippen molar-refractivity contribution in [1.82, 2.24) is 0 Å². The van der Waals surface area contributed by atoms with Crippen LogP contribution in [-0.2, 0) is 4.79 Å². The fraction of sp³-hybridized carbons (Fsp3) is 0.900. The SMILES string of the molecule is CC1(C)CCC2(C(=O)O)CCC3(C)C(CC=C4C5(C)CCC(O)C(C)(C)C5CCC43C)C2C1. The minimum atomic E-state index is -0.524. The first-order valence-electron chi connectivity index (χ1n) is 13.8. The number of hydrogen-bond donors (Lipinski definition) is 2. The van der Waals surface area contributed by atoms with Crippen LogP contribution < -0.4 is 0 Å². The van der Waals surface area contributed by atoms with E-state index in [1.165, 1.54) is 12.8 Å². The second-order valence-electron chi connectivity index (χ2n) is 15.0. The van der Waals surface area contributed by atoms with E-state index in [9.17, 15) is 15.0 Å². The van der Waals surface area contributed by atoms with Crippen LogP contribution in [0.25, 0.3) is 0 Å². The Kier molecular flexibility index (Phi) is 4.99. The summed E-state index contributed by atoms with van der Waals surface area (Å²) in [5.41, 5.74) is 1.78. The summed E-state index contributed by atoms with van der Waals surface area (Å²) in [4.78, 5) is 12.8. The average molecular weight is 457 g/mol. The first-order chi connectivity index (χ1) is 15.1. The number of hydrogen-bond acceptors (Lipinski definition) is 2. The highest BCUT2D eigenvalue weighted by Crippen LogP contribution is 2.75. The van der Waals surface area contributed by atoms with Gasteiger partial charge in [0.1, 0.15) is 0 Å². The number of fused-ring (bicyclic) bond motifs is 7. The van der Waals surface area contributed by atoms with E-state index in [4.69, 9.17) is 0 Å². The van der Waals surface area contributed by atoms with Crippen molar-refractivity contribution in [2.45, 2.75) is 119 Å². The number of aliphatic hydroxyl groups excluding tert-OH is 1. The highest BCUT2D eigenvalue weighted by atomic mass is 16.4. The third kappa shape index (κ3) is 2.87. The molecule has 5 rings (SSSR count). The molecular weight excluding hydrogens is 408 g/mol. The summed E-state index contributed by atoms with van der Waals surface area (Å²) in [6, 6.07) is 0. The lowest BCUT2D eigenvalue weighted by molar-refractivity contribution is -0.192. The van der Waals surface area contributed by atoms with Crippen LogP contribution in [0.4, 0.5) is 0 Å². The number of rotatable bonds is 1. The summed E-state index contributed by atoms with van der Waals surface area (Å²) < 4.78 is 0. The van der Waals surface area contributed by atoms with Gasteiger partial charge < -0.3 is 10.2 Å². The molecule has 0 radical (unpaired) electrons. The van der Waals surface area contributed by atoms with Gasteiger partial charge in [0.25, 0.3) is 0 Å². The van der Waals surface area contributed by atoms with Crippen LogP contribution in [0.3, 0.4) is 0 Å². The molecule has 8 atom stereocenters. The third-order valence-corrected chi connectivity index (χ3v) is 13.0. The first-order valence-corrected chi connectivity index (χ1v) is 13.8. The molecule has 5 aliphatic carbocycles. The summed E-state index contributed by atoms with van der Waals surface area (Å²) in [5, 5.41) is 21.4. The lowest BCUT2D eigenvalue weighted by atomic mass is 9.34. The molecule has 0 bridgehead atoms. The van der Waals surface area contributed by atoms with Crippen molar-refractivity contribution in [3.8, 4) is 0 Å². The molecule has 3 heteroatoms. The molecule has 5 aliphatic rings. The van der Waals surface area contributed by atoms with Crippen molar-refractivity contribution in [3.05, 3.63) is 11.6 Å². The molecule has 0 heterocycles. The zero-order valence-electron chi connectivity index (χ0n) is 22.3. The number of carboxylic acids is 1. The smallest absolute Gasteiger partial charge is 0.309 e. The molecule has 0 spiro atoms. The van der Waals surface area contributed by atoms with Crippen molar-refractivity contribution in [2.24, 2.45) is 50.2 Å². The lowest BCUT2D eigenvalue weighted by Gasteiger charge is -2.70. The van der Waals surface area contributed by atoms with Gasteiger partial charge in [0.05, 0.1) is 11.5 Å². The van der Waals surface area contributed by atoms with Crippen LogP contribution in [0, 0.1) is 50.2 Å². The number of allylic oxidation sites excluding steroid dienone is 2. The molecule has 0 aromatic carbocycles. The van der Waals surface area contributed by atoms with Crippen molar-refractivity contribution >= 4 is 5.97 Å². The third-order valence-electron chi connectivity index (χ3n) is 13.0. The molecule has 0 aromatic heterocycles. The van der Waals surface area contributed by atoms with Gasteiger partial charge in [-0.15, -0.1) is 0 Å². The van der Waals surface area contributed by atoms with Gasteiger partial charge in [0, 0.05) is 0 Å². The fourth-order valence-corrected chi connectivity index (χ4v) is 10.6. The molecule has 186 valence electrons. The quantitative estimate of drug-likeness (QED) is 0.409. The summed E-state index contributed by atoms with van der Waals surface area (Å²) in [7, 11) is 0. The molecule has 0 saturated heterocycles. The standard InChI is InChI=1S/C30H48O3/c1-25(2)14-16-30(24(32)33)17-15-28(6)19(20(30)18-25)8-9-22-27(5)12-11-23(31)26(3,4)21(27)10-13-29(22,28)7/h9,19-21,23,31H,8,10-18H2,1-7H3,(H,32,33). The van der Waals surface area contributed by atoms with Gasteiger partial charge in [-0.25, -0.2) is 0 Å². The van der Waals surface area contributed by atoms with Crippen molar-refractivity contribution in [1.29, 1.82) is 0 Å². The maximum Gasteiger partial charge on any atom is 0.309 e. The maximum atomic E-state index is 12.8. The molecule has 0 amide bonds. The predicted octanol–water partition coefficient (Wildman–Crippen LogP) is 7.23. The average Bonchev–Trinajstić information content (AvgIpc) is 2.71. The van der Waals surface area contributed by atoms with Crippen molar-refractivity contribution in [3.63, 3.8) is 0 Å². The number of carbonyl (C=O) groups is 1. The Morgan fingerprint density at radius 1 is 0.879 bits per heavy atom. The van der Waals surface area contributed by atoms with E-state index in [2.05, 4.69) is 54.5 Å². The second-order valence-corrected chi connectivity index (χ2v) is 15.0. The molecule has 2 N–H and O–H groups in total. The Hall–Kier alpha value is -0.830. The Balaban J connectivity index is 1.60. The topological polar surface area (TPSA) is 57.5 Å². The first kappa shape index (κ1) is 23.9. The zero-order valence-corrected chi connectivity index (χ0v) is 22.3. The number of aliphatic carboxylic acids is 1. The summed E-state index contributed by atoms with van der Waals surface area (Å²) >= 11 is 0. The molecule has 33 heavy (non-hydrogen) atoms. The van der Waals surface area contributed by atoms with Gasteiger partial charge in [-0.1, -0.05) is 60.1 Å². The summed E-state index contributed by atoms with van der Waals surface area (Å²) in [6.45, 7) is 16.9. The lowest BCUT2D eigenvalue weighted by Crippen LogP contribution is -2.64. The summed E-state index contributed by atoms with van der Waals surface area (Å²) in [6.07, 6.45) is 12.6. The van der Waals surface area contributed by atoms with Crippen molar-refractivity contribution in [2.75, 3.05) is 0 Å². The Labute approximate surface area is 201 Å². The monoisotopic (exact) mass is 456 g/mol. The van der Waals surface area contributed by atoms with E-state index in [1.54, 1.807) is 5.57 Å². The van der Waals surface area contributed by atoms with Crippen LogP contribution in [0.5, 0.6) is 0 Å². The van der Waals surface area contributed by atoms with E-state index in [0.717, 1.165) is 51.4 Å². The molecule has 4 saturated carbocycles. The van der Waals surface area contributed by atoms with Gasteiger partial charge in [-0.05, 0) is 109 Å². The van der Waals surface area contributed by atoms with Crippen LogP contribution in [-0.4, -0.2) is 22.3 Å². The predicted molar refractivity (Wildman–Crippen MR) is 133 cm³/mol. The van der Waals surface area contributed by atoms with Gasteiger partial charge in [0.2, 0.25) is 0 Å². The van der Waals surface area contributed by atoms with E-state index < -0.39 is 11.4 Å². The van der Waals surface area contributed by atoms with E-state index >= 15 is 0 Å². The largest absolute Gasteiger partial charge is 0.481 e. The van der Waals surface area contributed by atoms with Crippen molar-refractivity contribution < 1.29 is 15.0 Å². The molecule has 3 nitrogen and oxygen atoms in total. The number of carboxylic acid groups (broad SMARTS) is 1. The molecule has 0 aliphatic heterocycles. The minimum absolute atomic E-state index is 0.0503. The maximum absolute atomic E-state index is 12.8. The molecular formula is C30H48O3. The molecule has 4 fully saturated rings. The Morgan fingerprint density at radius 3 is 2.21 bits per heavy atom. The number of aliphatic hydroxyl groups is 1. The molecule has 8 unspecified atom stereocenters. The van der Waals surface area contributed by atoms with E-state index in [1.807, 2.05) is 0 Å². The second kappa shape index (κ2) is 6.89. The Bertz CT molecular complexity index is 885. The van der Waals surface area contributed by atoms with Crippen LogP contribution in [0.15, 0.2) is 11.6 Å². The normalized spacial score (nSPS) is 52.4. The molecule has 0 aromatic rings. The van der Waals surface area contributed by atoms with Crippen LogP contribution in [0.1, 0.15) is 113 Å². The van der Waals surface area contributed by atoms with E-state index in [-0.39, 0.29) is 39.1 Å². The van der Waals surface area contributed by atoms with Gasteiger partial charge in [0.15, 0.2) is 0 Å². The van der Waals surface area contributed by atoms with Gasteiger partial charge >= 0.3 is 5.97 Å². The Morgan fingerprint density at radius 2 is 1.55 bits per heavy atom. The van der Waals surface area contributed by atoms with Gasteiger partial charge in [-0.2, -0.15) is 0 Å². The zero-order chi connectivity index (χ0) is 24.2. The summed E-state index contributed by atoms with van der Waals surface area (Å²) in [5.74, 6) is 0.729. The van der Waals surface area contributed by atoms with Gasteiger partial charge in [-0.3, -0.25) is 4.79 Å². The van der Waals surface area contributed by atoms with Crippen LogP contribution in [0.2, 0.25) is 0 Å².